The third-order valence-electron chi connectivity index (χ3n) is 4.33. The molecular formula is C16H22N4O3. The van der Waals surface area contributed by atoms with Gasteiger partial charge in [0.05, 0.1) is 13.2 Å². The molecule has 7 heteroatoms. The van der Waals surface area contributed by atoms with E-state index in [0.29, 0.717) is 18.8 Å². The summed E-state index contributed by atoms with van der Waals surface area (Å²) in [6.45, 7) is 3.13. The summed E-state index contributed by atoms with van der Waals surface area (Å²) in [7, 11) is 1.56. The zero-order valence-corrected chi connectivity index (χ0v) is 13.3. The van der Waals surface area contributed by atoms with Crippen molar-refractivity contribution in [2.45, 2.75) is 18.9 Å². The lowest BCUT2D eigenvalue weighted by atomic mass is 10.2. The summed E-state index contributed by atoms with van der Waals surface area (Å²) in [4.78, 5) is 32.5. The predicted octanol–water partition coefficient (Wildman–Crippen LogP) is 0.269. The monoisotopic (exact) mass is 318 g/mol. The van der Waals surface area contributed by atoms with E-state index in [1.807, 2.05) is 12.1 Å². The fourth-order valence-corrected chi connectivity index (χ4v) is 3.02. The number of anilines is 1. The van der Waals surface area contributed by atoms with E-state index in [9.17, 15) is 9.59 Å². The van der Waals surface area contributed by atoms with Crippen molar-refractivity contribution < 1.29 is 14.3 Å². The van der Waals surface area contributed by atoms with Gasteiger partial charge in [0.1, 0.15) is 5.69 Å². The van der Waals surface area contributed by atoms with Gasteiger partial charge in [-0.1, -0.05) is 0 Å². The summed E-state index contributed by atoms with van der Waals surface area (Å²) in [5.74, 6) is -0.357. The average molecular weight is 318 g/mol. The Morgan fingerprint density at radius 2 is 2.09 bits per heavy atom. The third-order valence-corrected chi connectivity index (χ3v) is 4.33. The predicted molar refractivity (Wildman–Crippen MR) is 85.4 cm³/mol. The molecule has 7 nitrogen and oxygen atoms in total. The standard InChI is InChI=1S/C16H22N4O3/c1-17-15(21)14-11-20(8-9-23-14)16(22)13-10-12(4-5-18-13)19-6-2-3-7-19/h4-5,10,14H,2-3,6-9,11H2,1H3,(H,17,21). The van der Waals surface area contributed by atoms with Crippen LogP contribution >= 0.6 is 0 Å². The van der Waals surface area contributed by atoms with E-state index in [0.717, 1.165) is 18.8 Å². The Balaban J connectivity index is 1.72. The van der Waals surface area contributed by atoms with Gasteiger partial charge in [0.15, 0.2) is 6.10 Å². The van der Waals surface area contributed by atoms with Gasteiger partial charge in [0.2, 0.25) is 0 Å². The lowest BCUT2D eigenvalue weighted by Gasteiger charge is -2.31. The van der Waals surface area contributed by atoms with E-state index in [4.69, 9.17) is 4.74 Å². The van der Waals surface area contributed by atoms with Crippen LogP contribution < -0.4 is 10.2 Å². The average Bonchev–Trinajstić information content (AvgIpc) is 3.15. The van der Waals surface area contributed by atoms with Gasteiger partial charge in [-0.15, -0.1) is 0 Å². The van der Waals surface area contributed by atoms with Crippen LogP contribution in [0.2, 0.25) is 0 Å². The molecule has 2 aliphatic rings. The molecule has 3 rings (SSSR count). The quantitative estimate of drug-likeness (QED) is 0.866. The van der Waals surface area contributed by atoms with Crippen LogP contribution in [0.3, 0.4) is 0 Å². The molecule has 124 valence electrons. The molecule has 0 aromatic carbocycles. The Labute approximate surface area is 135 Å². The van der Waals surface area contributed by atoms with Gasteiger partial charge in [-0.25, -0.2) is 0 Å². The highest BCUT2D eigenvalue weighted by Gasteiger charge is 2.30. The molecule has 0 bridgehead atoms. The minimum Gasteiger partial charge on any atom is -0.371 e. The SMILES string of the molecule is CNC(=O)C1CN(C(=O)c2cc(N3CCCC3)ccn2)CCO1. The maximum atomic E-state index is 12.7. The first-order valence-electron chi connectivity index (χ1n) is 8.02. The summed E-state index contributed by atoms with van der Waals surface area (Å²) >= 11 is 0. The molecule has 1 N–H and O–H groups in total. The smallest absolute Gasteiger partial charge is 0.272 e. The number of pyridine rings is 1. The number of rotatable bonds is 3. The molecule has 1 aromatic rings. The van der Waals surface area contributed by atoms with Crippen LogP contribution in [0.5, 0.6) is 0 Å². The van der Waals surface area contributed by atoms with Crippen molar-refractivity contribution in [3.8, 4) is 0 Å². The molecule has 3 heterocycles. The lowest BCUT2D eigenvalue weighted by molar-refractivity contribution is -0.136. The van der Waals surface area contributed by atoms with E-state index in [-0.39, 0.29) is 18.4 Å². The number of nitrogens with one attached hydrogen (secondary N) is 1. The zero-order chi connectivity index (χ0) is 16.2. The van der Waals surface area contributed by atoms with Gasteiger partial charge in [0, 0.05) is 38.6 Å². The highest BCUT2D eigenvalue weighted by Crippen LogP contribution is 2.21. The molecule has 0 radical (unpaired) electrons. The molecule has 0 saturated carbocycles. The fraction of sp³-hybridized carbons (Fsp3) is 0.562. The van der Waals surface area contributed by atoms with E-state index < -0.39 is 6.10 Å². The van der Waals surface area contributed by atoms with E-state index in [1.165, 1.54) is 12.8 Å². The number of amides is 2. The van der Waals surface area contributed by atoms with Crippen LogP contribution in [0.4, 0.5) is 5.69 Å². The molecular weight excluding hydrogens is 296 g/mol. The number of carbonyl (C=O) groups excluding carboxylic acids is 2. The number of hydrogen-bond donors (Lipinski definition) is 1. The summed E-state index contributed by atoms with van der Waals surface area (Å²) in [5.41, 5.74) is 1.46. The maximum Gasteiger partial charge on any atom is 0.272 e. The Morgan fingerprint density at radius 1 is 1.30 bits per heavy atom. The first kappa shape index (κ1) is 15.7. The number of morpholine rings is 1. The second-order valence-corrected chi connectivity index (χ2v) is 5.82. The number of hydrogen-bond acceptors (Lipinski definition) is 5. The number of ether oxygens (including phenoxy) is 1. The largest absolute Gasteiger partial charge is 0.371 e. The molecule has 1 unspecified atom stereocenters. The van der Waals surface area contributed by atoms with E-state index >= 15 is 0 Å². The summed E-state index contributed by atoms with van der Waals surface area (Å²) in [6.07, 6.45) is 3.43. The second kappa shape index (κ2) is 6.95. The highest BCUT2D eigenvalue weighted by molar-refractivity contribution is 5.94. The van der Waals surface area contributed by atoms with Gasteiger partial charge in [-0.05, 0) is 25.0 Å². The van der Waals surface area contributed by atoms with Crippen molar-refractivity contribution >= 4 is 17.5 Å². The van der Waals surface area contributed by atoms with Gasteiger partial charge in [-0.3, -0.25) is 14.6 Å². The van der Waals surface area contributed by atoms with Gasteiger partial charge >= 0.3 is 0 Å². The van der Waals surface area contributed by atoms with Gasteiger partial charge in [-0.2, -0.15) is 0 Å². The van der Waals surface area contributed by atoms with E-state index in [1.54, 1.807) is 18.1 Å². The van der Waals surface area contributed by atoms with E-state index in [2.05, 4.69) is 15.2 Å². The number of likely N-dealkylation sites (N-methyl/N-ethyl adjacent to an activating group) is 1. The van der Waals surface area contributed by atoms with Crippen molar-refractivity contribution in [2.75, 3.05) is 44.7 Å². The molecule has 1 atom stereocenters. The van der Waals surface area contributed by atoms with Crippen molar-refractivity contribution in [3.05, 3.63) is 24.0 Å². The Bertz CT molecular complexity index is 586. The van der Waals surface area contributed by atoms with Crippen LogP contribution in [0.25, 0.3) is 0 Å². The molecule has 2 fully saturated rings. The fourth-order valence-electron chi connectivity index (χ4n) is 3.02. The lowest BCUT2D eigenvalue weighted by Crippen LogP contribution is -2.51. The molecule has 2 amide bonds. The van der Waals surface area contributed by atoms with Crippen LogP contribution in [0, 0.1) is 0 Å². The number of carbonyl (C=O) groups is 2. The second-order valence-electron chi connectivity index (χ2n) is 5.82. The minimum atomic E-state index is -0.612. The minimum absolute atomic E-state index is 0.150. The molecule has 23 heavy (non-hydrogen) atoms. The number of nitrogens with zero attached hydrogens (tertiary/aromatic N) is 3. The third kappa shape index (κ3) is 3.44. The zero-order valence-electron chi connectivity index (χ0n) is 13.3. The molecule has 0 spiro atoms. The highest BCUT2D eigenvalue weighted by atomic mass is 16.5. The van der Waals surface area contributed by atoms with Crippen LogP contribution in [-0.4, -0.2) is 67.6 Å². The topological polar surface area (TPSA) is 74.8 Å². The Hall–Kier alpha value is -2.15. The normalized spacial score (nSPS) is 21.3. The van der Waals surface area contributed by atoms with Gasteiger partial charge < -0.3 is 19.9 Å². The first-order chi connectivity index (χ1) is 11.2. The van der Waals surface area contributed by atoms with Crippen molar-refractivity contribution in [2.24, 2.45) is 0 Å². The molecule has 1 aromatic heterocycles. The van der Waals surface area contributed by atoms with Crippen molar-refractivity contribution in [1.82, 2.24) is 15.2 Å². The number of aromatic nitrogens is 1. The molecule has 2 aliphatic heterocycles. The van der Waals surface area contributed by atoms with Gasteiger partial charge in [0.25, 0.3) is 11.8 Å². The Kier molecular flexibility index (Phi) is 4.76. The first-order valence-corrected chi connectivity index (χ1v) is 8.02. The summed E-state index contributed by atoms with van der Waals surface area (Å²) < 4.78 is 5.42. The Morgan fingerprint density at radius 3 is 2.83 bits per heavy atom. The van der Waals surface area contributed by atoms with Crippen LogP contribution in [-0.2, 0) is 9.53 Å². The van der Waals surface area contributed by atoms with Crippen molar-refractivity contribution in [1.29, 1.82) is 0 Å². The maximum absolute atomic E-state index is 12.7. The van der Waals surface area contributed by atoms with Crippen LogP contribution in [0.1, 0.15) is 23.3 Å². The van der Waals surface area contributed by atoms with Crippen molar-refractivity contribution in [3.63, 3.8) is 0 Å². The summed E-state index contributed by atoms with van der Waals surface area (Å²) in [6, 6.07) is 3.78. The molecule has 0 aliphatic carbocycles. The van der Waals surface area contributed by atoms with Crippen LogP contribution in [0.15, 0.2) is 18.3 Å². The molecule has 2 saturated heterocycles. The summed E-state index contributed by atoms with van der Waals surface area (Å²) in [5, 5.41) is 2.56.